The Morgan fingerprint density at radius 2 is 1.54 bits per heavy atom. The molecule has 6 rings (SSSR count). The first-order chi connectivity index (χ1) is 20.2. The maximum absolute atomic E-state index is 12.9. The first-order valence-corrected chi connectivity index (χ1v) is 14.3. The Kier molecular flexibility index (Phi) is 7.73. The third-order valence-electron chi connectivity index (χ3n) is 6.60. The fraction of sp³-hybridized carbons (Fsp3) is 0.0909. The number of amides is 1. The largest absolute Gasteiger partial charge is 0.494 e. The standard InChI is InChI=1S/C33H27N5O2S/c1-2-40-27-18-16-26(17-19-27)38-32(23-10-4-3-5-11-23)36-37-33(38)41-22-31(39)35-34-21-30-28-14-8-6-12-24(28)20-25-13-7-9-15-29(25)30/h3-21H,2,22H2,1H3,(H,35,39)/b34-21+. The lowest BCUT2D eigenvalue weighted by Gasteiger charge is -2.11. The number of hydrogen-bond donors (Lipinski definition) is 1. The van der Waals surface area contributed by atoms with E-state index in [1.54, 1.807) is 6.21 Å². The van der Waals surface area contributed by atoms with Crippen LogP contribution in [0, 0.1) is 0 Å². The molecule has 1 aromatic heterocycles. The van der Waals surface area contributed by atoms with Crippen LogP contribution >= 0.6 is 11.8 Å². The van der Waals surface area contributed by atoms with Crippen molar-refractivity contribution < 1.29 is 9.53 Å². The van der Waals surface area contributed by atoms with E-state index in [9.17, 15) is 4.79 Å². The molecule has 0 saturated carbocycles. The minimum Gasteiger partial charge on any atom is -0.494 e. The molecule has 0 aliphatic heterocycles. The molecule has 7 nitrogen and oxygen atoms in total. The predicted molar refractivity (Wildman–Crippen MR) is 166 cm³/mol. The highest BCUT2D eigenvalue weighted by Crippen LogP contribution is 2.29. The second kappa shape index (κ2) is 12.1. The van der Waals surface area contributed by atoms with E-state index in [4.69, 9.17) is 4.74 Å². The molecule has 0 aliphatic rings. The van der Waals surface area contributed by atoms with Gasteiger partial charge in [0.05, 0.1) is 18.6 Å². The molecule has 0 spiro atoms. The summed E-state index contributed by atoms with van der Waals surface area (Å²) in [6.45, 7) is 2.55. The van der Waals surface area contributed by atoms with Crippen LogP contribution in [0.1, 0.15) is 12.5 Å². The number of thioether (sulfide) groups is 1. The van der Waals surface area contributed by atoms with Gasteiger partial charge in [-0.15, -0.1) is 10.2 Å². The number of nitrogens with zero attached hydrogens (tertiary/aromatic N) is 4. The fourth-order valence-electron chi connectivity index (χ4n) is 4.75. The number of rotatable bonds is 9. The number of carbonyl (C=O) groups is 1. The molecule has 0 bridgehead atoms. The molecule has 202 valence electrons. The third-order valence-corrected chi connectivity index (χ3v) is 7.53. The molecular weight excluding hydrogens is 530 g/mol. The number of fused-ring (bicyclic) bond motifs is 2. The van der Waals surface area contributed by atoms with E-state index in [0.29, 0.717) is 17.6 Å². The van der Waals surface area contributed by atoms with Crippen molar-refractivity contribution in [3.05, 3.63) is 115 Å². The van der Waals surface area contributed by atoms with E-state index in [2.05, 4.69) is 51.1 Å². The summed E-state index contributed by atoms with van der Waals surface area (Å²) in [6.07, 6.45) is 1.73. The zero-order valence-corrected chi connectivity index (χ0v) is 23.2. The molecule has 0 radical (unpaired) electrons. The number of hydrazone groups is 1. The summed E-state index contributed by atoms with van der Waals surface area (Å²) in [5.41, 5.74) is 5.46. The molecule has 0 unspecified atom stereocenters. The van der Waals surface area contributed by atoms with Gasteiger partial charge in [0.25, 0.3) is 5.91 Å². The molecule has 0 fully saturated rings. The number of nitrogens with one attached hydrogen (secondary N) is 1. The Balaban J connectivity index is 1.22. The lowest BCUT2D eigenvalue weighted by atomic mass is 9.97. The topological polar surface area (TPSA) is 81.4 Å². The van der Waals surface area contributed by atoms with Crippen LogP contribution in [0.2, 0.25) is 0 Å². The maximum Gasteiger partial charge on any atom is 0.250 e. The predicted octanol–water partition coefficient (Wildman–Crippen LogP) is 6.88. The average molecular weight is 558 g/mol. The van der Waals surface area contributed by atoms with Gasteiger partial charge in [0.1, 0.15) is 5.75 Å². The van der Waals surface area contributed by atoms with Crippen LogP contribution in [-0.4, -0.2) is 39.2 Å². The highest BCUT2D eigenvalue weighted by molar-refractivity contribution is 7.99. The Labute approximate surface area is 241 Å². The van der Waals surface area contributed by atoms with Crippen molar-refractivity contribution in [2.45, 2.75) is 12.1 Å². The van der Waals surface area contributed by atoms with Crippen molar-refractivity contribution in [1.29, 1.82) is 0 Å². The van der Waals surface area contributed by atoms with E-state index in [1.165, 1.54) is 11.8 Å². The Morgan fingerprint density at radius 1 is 0.878 bits per heavy atom. The van der Waals surface area contributed by atoms with E-state index in [1.807, 2.05) is 90.4 Å². The molecule has 0 atom stereocenters. The molecule has 1 heterocycles. The fourth-order valence-corrected chi connectivity index (χ4v) is 5.49. The highest BCUT2D eigenvalue weighted by atomic mass is 32.2. The van der Waals surface area contributed by atoms with Crippen LogP contribution in [0.25, 0.3) is 38.6 Å². The molecule has 5 aromatic carbocycles. The molecule has 6 aromatic rings. The van der Waals surface area contributed by atoms with Crippen molar-refractivity contribution in [2.75, 3.05) is 12.4 Å². The van der Waals surface area contributed by atoms with Crippen molar-refractivity contribution in [3.8, 4) is 22.8 Å². The van der Waals surface area contributed by atoms with Gasteiger partial charge in [0.2, 0.25) is 0 Å². The first kappa shape index (κ1) is 26.3. The van der Waals surface area contributed by atoms with Crippen molar-refractivity contribution in [3.63, 3.8) is 0 Å². The van der Waals surface area contributed by atoms with Crippen molar-refractivity contribution >= 4 is 45.4 Å². The number of aromatic nitrogens is 3. The van der Waals surface area contributed by atoms with Gasteiger partial charge >= 0.3 is 0 Å². The van der Waals surface area contributed by atoms with Crippen LogP contribution in [0.4, 0.5) is 0 Å². The van der Waals surface area contributed by atoms with Gasteiger partial charge in [-0.25, -0.2) is 5.43 Å². The Bertz CT molecular complexity index is 1800. The third kappa shape index (κ3) is 5.69. The number of ether oxygens (including phenoxy) is 1. The molecule has 1 N–H and O–H groups in total. The first-order valence-electron chi connectivity index (χ1n) is 13.3. The minimum atomic E-state index is -0.238. The van der Waals surface area contributed by atoms with Crippen LogP contribution in [0.15, 0.2) is 119 Å². The summed E-state index contributed by atoms with van der Waals surface area (Å²) in [5.74, 6) is 1.37. The van der Waals surface area contributed by atoms with Gasteiger partial charge in [-0.2, -0.15) is 5.10 Å². The van der Waals surface area contributed by atoms with Crippen LogP contribution < -0.4 is 10.2 Å². The smallest absolute Gasteiger partial charge is 0.250 e. The number of benzene rings is 5. The Morgan fingerprint density at radius 3 is 2.22 bits per heavy atom. The van der Waals surface area contributed by atoms with Gasteiger partial charge < -0.3 is 4.74 Å². The molecule has 41 heavy (non-hydrogen) atoms. The van der Waals surface area contributed by atoms with Crippen molar-refractivity contribution in [2.24, 2.45) is 5.10 Å². The monoisotopic (exact) mass is 557 g/mol. The second-order valence-electron chi connectivity index (χ2n) is 9.25. The summed E-state index contributed by atoms with van der Waals surface area (Å²) in [7, 11) is 0. The number of carbonyl (C=O) groups excluding carboxylic acids is 1. The summed E-state index contributed by atoms with van der Waals surface area (Å²) >= 11 is 1.30. The molecule has 0 saturated heterocycles. The Hall–Kier alpha value is -4.95. The van der Waals surface area contributed by atoms with Gasteiger partial charge in [-0.1, -0.05) is 90.6 Å². The molecule has 1 amide bonds. The summed E-state index contributed by atoms with van der Waals surface area (Å²) in [4.78, 5) is 12.9. The lowest BCUT2D eigenvalue weighted by molar-refractivity contribution is -0.118. The summed E-state index contributed by atoms with van der Waals surface area (Å²) in [5, 5.41) is 18.2. The molecular formula is C33H27N5O2S. The van der Waals surface area contributed by atoms with E-state index >= 15 is 0 Å². The van der Waals surface area contributed by atoms with Gasteiger partial charge in [0, 0.05) is 16.8 Å². The van der Waals surface area contributed by atoms with Crippen LogP contribution in [0.5, 0.6) is 5.75 Å². The van der Waals surface area contributed by atoms with Crippen LogP contribution in [-0.2, 0) is 4.79 Å². The minimum absolute atomic E-state index is 0.123. The zero-order chi connectivity index (χ0) is 28.0. The molecule has 0 aliphatic carbocycles. The van der Waals surface area contributed by atoms with E-state index in [0.717, 1.165) is 44.1 Å². The maximum atomic E-state index is 12.9. The van der Waals surface area contributed by atoms with Crippen LogP contribution in [0.3, 0.4) is 0 Å². The summed E-state index contributed by atoms with van der Waals surface area (Å²) < 4.78 is 7.56. The summed E-state index contributed by atoms with van der Waals surface area (Å²) in [6, 6.07) is 36.1. The zero-order valence-electron chi connectivity index (χ0n) is 22.4. The quantitative estimate of drug-likeness (QED) is 0.0907. The van der Waals surface area contributed by atoms with Crippen molar-refractivity contribution in [1.82, 2.24) is 20.2 Å². The second-order valence-corrected chi connectivity index (χ2v) is 10.2. The number of hydrogen-bond acceptors (Lipinski definition) is 6. The van der Waals surface area contributed by atoms with Gasteiger partial charge in [-0.3, -0.25) is 9.36 Å². The normalized spacial score (nSPS) is 11.3. The van der Waals surface area contributed by atoms with Gasteiger partial charge in [-0.05, 0) is 58.8 Å². The van der Waals surface area contributed by atoms with Gasteiger partial charge in [0.15, 0.2) is 11.0 Å². The molecule has 8 heteroatoms. The van der Waals surface area contributed by atoms with E-state index in [-0.39, 0.29) is 11.7 Å². The highest BCUT2D eigenvalue weighted by Gasteiger charge is 2.17. The lowest BCUT2D eigenvalue weighted by Crippen LogP contribution is -2.20. The van der Waals surface area contributed by atoms with E-state index < -0.39 is 0 Å². The SMILES string of the molecule is CCOc1ccc(-n2c(SCC(=O)N/N=C/c3c4ccccc4cc4ccccc34)nnc2-c2ccccc2)cc1. The average Bonchev–Trinajstić information content (AvgIpc) is 3.44.